The molecule has 1 fully saturated rings. The van der Waals surface area contributed by atoms with Crippen LogP contribution in [0.4, 0.5) is 0 Å². The lowest BCUT2D eigenvalue weighted by Gasteiger charge is -2.02. The van der Waals surface area contributed by atoms with Crippen molar-refractivity contribution in [3.63, 3.8) is 0 Å². The first-order chi connectivity index (χ1) is 8.26. The number of rotatable bonds is 5. The fourth-order valence-corrected chi connectivity index (χ4v) is 2.51. The van der Waals surface area contributed by atoms with Gasteiger partial charge >= 0.3 is 0 Å². The number of epoxide rings is 1. The number of halogens is 1. The Morgan fingerprint density at radius 1 is 1.41 bits per heavy atom. The maximum atomic E-state index is 5.73. The lowest BCUT2D eigenvalue weighted by atomic mass is 10.0. The Morgan fingerprint density at radius 3 is 2.94 bits per heavy atom. The minimum atomic E-state index is 0.218. The van der Waals surface area contributed by atoms with Gasteiger partial charge in [-0.2, -0.15) is 0 Å². The number of unbranched alkanes of at least 4 members (excludes halogenated alkanes) is 2. The van der Waals surface area contributed by atoms with E-state index in [1.165, 1.54) is 19.3 Å². The van der Waals surface area contributed by atoms with Gasteiger partial charge in [-0.1, -0.05) is 48.0 Å². The van der Waals surface area contributed by atoms with E-state index < -0.39 is 0 Å². The van der Waals surface area contributed by atoms with E-state index in [1.807, 2.05) is 12.1 Å². The maximum Gasteiger partial charge on any atom is 0.110 e. The summed E-state index contributed by atoms with van der Waals surface area (Å²) in [7, 11) is 0. The van der Waals surface area contributed by atoms with Crippen LogP contribution in [0.15, 0.2) is 22.7 Å². The predicted molar refractivity (Wildman–Crippen MR) is 73.8 cm³/mol. The predicted octanol–water partition coefficient (Wildman–Crippen LogP) is 4.45. The van der Waals surface area contributed by atoms with E-state index in [0.717, 1.165) is 22.0 Å². The van der Waals surface area contributed by atoms with E-state index in [4.69, 9.17) is 11.2 Å². The number of ether oxygens (including phenoxy) is 1. The summed E-state index contributed by atoms with van der Waals surface area (Å²) < 4.78 is 6.79. The van der Waals surface area contributed by atoms with Crippen molar-refractivity contribution in [3.05, 3.63) is 33.8 Å². The summed E-state index contributed by atoms with van der Waals surface area (Å²) in [5.41, 5.74) is 2.11. The second-order valence-electron chi connectivity index (χ2n) is 4.47. The molecule has 2 heteroatoms. The highest BCUT2D eigenvalue weighted by molar-refractivity contribution is 9.10. The average molecular weight is 293 g/mol. The second-order valence-corrected chi connectivity index (χ2v) is 5.38. The summed E-state index contributed by atoms with van der Waals surface area (Å²) in [6.45, 7) is 2.22. The van der Waals surface area contributed by atoms with Crippen LogP contribution in [0, 0.1) is 12.3 Å². The molecular formula is C15H17BrO. The molecule has 1 heterocycles. The van der Waals surface area contributed by atoms with Crippen molar-refractivity contribution in [2.45, 2.75) is 44.8 Å². The van der Waals surface area contributed by atoms with Gasteiger partial charge in [-0.05, 0) is 24.6 Å². The van der Waals surface area contributed by atoms with Gasteiger partial charge in [0.1, 0.15) is 6.10 Å². The van der Waals surface area contributed by atoms with Crippen LogP contribution in [0.5, 0.6) is 0 Å². The van der Waals surface area contributed by atoms with Gasteiger partial charge < -0.3 is 4.74 Å². The van der Waals surface area contributed by atoms with Crippen LogP contribution in [0.2, 0.25) is 0 Å². The number of hydrogen-bond acceptors (Lipinski definition) is 1. The van der Waals surface area contributed by atoms with E-state index in [1.54, 1.807) is 0 Å². The lowest BCUT2D eigenvalue weighted by Crippen LogP contribution is -1.93. The molecule has 1 aromatic carbocycles. The summed E-state index contributed by atoms with van der Waals surface area (Å²) in [4.78, 5) is 0. The summed E-state index contributed by atoms with van der Waals surface area (Å²) in [5, 5.41) is 0. The molecule has 2 rings (SSSR count). The normalized spacial score (nSPS) is 22.2. The van der Waals surface area contributed by atoms with Gasteiger partial charge in [0.05, 0.1) is 6.10 Å². The van der Waals surface area contributed by atoms with Gasteiger partial charge in [0, 0.05) is 15.6 Å². The zero-order valence-electron chi connectivity index (χ0n) is 10.1. The summed E-state index contributed by atoms with van der Waals surface area (Å²) in [5.74, 6) is 2.73. The first-order valence-corrected chi connectivity index (χ1v) is 6.97. The summed E-state index contributed by atoms with van der Waals surface area (Å²) >= 11 is 3.48. The molecule has 2 unspecified atom stereocenters. The molecular weight excluding hydrogens is 276 g/mol. The Hall–Kier alpha value is -0.780. The molecule has 0 aliphatic carbocycles. The zero-order valence-corrected chi connectivity index (χ0v) is 11.7. The molecule has 0 radical (unpaired) electrons. The van der Waals surface area contributed by atoms with Crippen molar-refractivity contribution >= 4 is 15.9 Å². The molecule has 90 valence electrons. The molecule has 1 saturated heterocycles. The monoisotopic (exact) mass is 292 g/mol. The fourth-order valence-electron chi connectivity index (χ4n) is 2.13. The molecule has 1 aliphatic rings. The Bertz CT molecular complexity index is 433. The second kappa shape index (κ2) is 5.71. The third-order valence-corrected chi connectivity index (χ3v) is 3.64. The van der Waals surface area contributed by atoms with Gasteiger partial charge in [-0.3, -0.25) is 0 Å². The van der Waals surface area contributed by atoms with Crippen molar-refractivity contribution in [2.75, 3.05) is 0 Å². The molecule has 2 atom stereocenters. The van der Waals surface area contributed by atoms with E-state index in [9.17, 15) is 0 Å². The quantitative estimate of drug-likeness (QED) is 0.444. The van der Waals surface area contributed by atoms with Crippen molar-refractivity contribution in [1.29, 1.82) is 0 Å². The molecule has 0 N–H and O–H groups in total. The number of hydrogen-bond donors (Lipinski definition) is 0. The van der Waals surface area contributed by atoms with Crippen molar-refractivity contribution in [3.8, 4) is 12.3 Å². The molecule has 1 aromatic rings. The third-order valence-electron chi connectivity index (χ3n) is 3.15. The van der Waals surface area contributed by atoms with Crippen LogP contribution >= 0.6 is 15.9 Å². The smallest absolute Gasteiger partial charge is 0.110 e. The van der Waals surface area contributed by atoms with Crippen LogP contribution in [0.1, 0.15) is 49.8 Å². The van der Waals surface area contributed by atoms with E-state index >= 15 is 0 Å². The molecule has 0 amide bonds. The Labute approximate surface area is 112 Å². The van der Waals surface area contributed by atoms with Crippen LogP contribution in [-0.2, 0) is 4.74 Å². The Balaban J connectivity index is 2.00. The minimum Gasteiger partial charge on any atom is -0.364 e. The van der Waals surface area contributed by atoms with Crippen LogP contribution in [-0.4, -0.2) is 6.10 Å². The van der Waals surface area contributed by atoms with Crippen LogP contribution in [0.3, 0.4) is 0 Å². The lowest BCUT2D eigenvalue weighted by molar-refractivity contribution is 0.361. The van der Waals surface area contributed by atoms with Crippen molar-refractivity contribution < 1.29 is 4.74 Å². The van der Waals surface area contributed by atoms with Crippen molar-refractivity contribution in [1.82, 2.24) is 0 Å². The summed E-state index contributed by atoms with van der Waals surface area (Å²) in [6.07, 6.45) is 11.0. The number of benzene rings is 1. The summed E-state index contributed by atoms with van der Waals surface area (Å²) in [6, 6.07) is 6.04. The van der Waals surface area contributed by atoms with Gasteiger partial charge in [0.15, 0.2) is 0 Å². The number of terminal acetylenes is 1. The molecule has 0 spiro atoms. The molecule has 1 aliphatic heterocycles. The topological polar surface area (TPSA) is 12.5 Å². The van der Waals surface area contributed by atoms with E-state index in [2.05, 4.69) is 34.8 Å². The van der Waals surface area contributed by atoms with Gasteiger partial charge in [-0.25, -0.2) is 0 Å². The van der Waals surface area contributed by atoms with Gasteiger partial charge in [0.25, 0.3) is 0 Å². The highest BCUT2D eigenvalue weighted by Crippen LogP contribution is 2.43. The molecule has 1 nitrogen and oxygen atoms in total. The average Bonchev–Trinajstić information content (AvgIpc) is 3.09. The molecule has 17 heavy (non-hydrogen) atoms. The maximum absolute atomic E-state index is 5.73. The van der Waals surface area contributed by atoms with Crippen LogP contribution < -0.4 is 0 Å². The van der Waals surface area contributed by atoms with Crippen molar-refractivity contribution in [2.24, 2.45) is 0 Å². The van der Waals surface area contributed by atoms with E-state index in [-0.39, 0.29) is 6.10 Å². The third kappa shape index (κ3) is 3.12. The minimum absolute atomic E-state index is 0.218. The van der Waals surface area contributed by atoms with Crippen LogP contribution in [0.25, 0.3) is 0 Å². The first kappa shape index (κ1) is 12.7. The highest BCUT2D eigenvalue weighted by atomic mass is 79.9. The standard InChI is InChI=1S/C15H17BrO/c1-3-5-6-7-14-15(17-14)13-10-12(16)9-8-11(13)4-2/h2,8-10,14-15H,3,5-7H2,1H3. The molecule has 0 saturated carbocycles. The SMILES string of the molecule is C#Cc1ccc(Br)cc1C1OC1CCCCC. The first-order valence-electron chi connectivity index (χ1n) is 6.17. The molecule has 0 aromatic heterocycles. The van der Waals surface area contributed by atoms with Gasteiger partial charge in [-0.15, -0.1) is 6.42 Å². The highest BCUT2D eigenvalue weighted by Gasteiger charge is 2.40. The Kier molecular flexibility index (Phi) is 4.25. The largest absolute Gasteiger partial charge is 0.364 e. The van der Waals surface area contributed by atoms with E-state index in [0.29, 0.717) is 6.10 Å². The Morgan fingerprint density at radius 2 is 2.24 bits per heavy atom. The zero-order chi connectivity index (χ0) is 12.3. The van der Waals surface area contributed by atoms with Gasteiger partial charge in [0.2, 0.25) is 0 Å². The fraction of sp³-hybridized carbons (Fsp3) is 0.467. The molecule has 0 bridgehead atoms.